The first-order valence-corrected chi connectivity index (χ1v) is 10.6. The molecule has 154 valence electrons. The van der Waals surface area contributed by atoms with E-state index in [2.05, 4.69) is 19.1 Å². The number of nitrogens with zero attached hydrogens (tertiary/aromatic N) is 2. The molecule has 1 heterocycles. The van der Waals surface area contributed by atoms with Crippen molar-refractivity contribution >= 4 is 5.78 Å². The van der Waals surface area contributed by atoms with Crippen LogP contribution in [0.3, 0.4) is 0 Å². The van der Waals surface area contributed by atoms with Gasteiger partial charge in [-0.25, -0.2) is 4.68 Å². The van der Waals surface area contributed by atoms with E-state index >= 15 is 0 Å². The van der Waals surface area contributed by atoms with Gasteiger partial charge in [-0.05, 0) is 19.1 Å². The van der Waals surface area contributed by atoms with Crippen molar-refractivity contribution in [2.75, 3.05) is 0 Å². The Balaban J connectivity index is 1.85. The number of para-hydroxylation sites is 1. The summed E-state index contributed by atoms with van der Waals surface area (Å²) in [6.07, 6.45) is 0. The van der Waals surface area contributed by atoms with E-state index in [-0.39, 0.29) is 5.78 Å². The molecular formula is C29H22N2O. The molecule has 1 aromatic heterocycles. The normalized spacial score (nSPS) is 10.8. The molecule has 0 bridgehead atoms. The summed E-state index contributed by atoms with van der Waals surface area (Å²) in [4.78, 5) is 13.9. The van der Waals surface area contributed by atoms with E-state index in [1.54, 1.807) is 0 Å². The smallest absolute Gasteiger partial charge is 0.197 e. The van der Waals surface area contributed by atoms with Crippen LogP contribution in [0.4, 0.5) is 0 Å². The van der Waals surface area contributed by atoms with Gasteiger partial charge in [0.1, 0.15) is 5.69 Å². The molecule has 4 aromatic carbocycles. The molecule has 0 spiro atoms. The third-order valence-electron chi connectivity index (χ3n) is 5.52. The second-order valence-corrected chi connectivity index (χ2v) is 7.75. The van der Waals surface area contributed by atoms with Crippen molar-refractivity contribution in [2.45, 2.75) is 6.92 Å². The maximum Gasteiger partial charge on any atom is 0.197 e. The predicted molar refractivity (Wildman–Crippen MR) is 129 cm³/mol. The minimum atomic E-state index is -0.0396. The lowest BCUT2D eigenvalue weighted by atomic mass is 9.94. The summed E-state index contributed by atoms with van der Waals surface area (Å²) >= 11 is 0. The Morgan fingerprint density at radius 2 is 1.22 bits per heavy atom. The summed E-state index contributed by atoms with van der Waals surface area (Å²) in [6.45, 7) is 2.05. The fourth-order valence-corrected chi connectivity index (χ4v) is 3.90. The van der Waals surface area contributed by atoms with Crippen molar-refractivity contribution in [3.05, 3.63) is 132 Å². The highest BCUT2D eigenvalue weighted by Gasteiger charge is 2.27. The number of benzene rings is 4. The zero-order chi connectivity index (χ0) is 21.9. The Bertz CT molecular complexity index is 1350. The molecule has 5 aromatic rings. The Labute approximate surface area is 187 Å². The topological polar surface area (TPSA) is 34.9 Å². The van der Waals surface area contributed by atoms with Crippen LogP contribution in [0.1, 0.15) is 21.5 Å². The van der Waals surface area contributed by atoms with Crippen molar-refractivity contribution in [3.8, 4) is 28.2 Å². The second kappa shape index (κ2) is 8.48. The van der Waals surface area contributed by atoms with Gasteiger partial charge in [0.05, 0.1) is 16.9 Å². The predicted octanol–water partition coefficient (Wildman–Crippen LogP) is 6.75. The summed E-state index contributed by atoms with van der Waals surface area (Å²) in [7, 11) is 0. The van der Waals surface area contributed by atoms with Crippen molar-refractivity contribution < 1.29 is 4.79 Å². The van der Waals surface area contributed by atoms with Gasteiger partial charge in [-0.3, -0.25) is 4.79 Å². The fourth-order valence-electron chi connectivity index (χ4n) is 3.90. The summed E-state index contributed by atoms with van der Waals surface area (Å²) in [5, 5.41) is 5.00. The van der Waals surface area contributed by atoms with E-state index in [9.17, 15) is 4.79 Å². The third-order valence-corrected chi connectivity index (χ3v) is 5.52. The molecule has 32 heavy (non-hydrogen) atoms. The Morgan fingerprint density at radius 1 is 0.656 bits per heavy atom. The number of rotatable bonds is 5. The van der Waals surface area contributed by atoms with E-state index in [0.717, 1.165) is 28.1 Å². The van der Waals surface area contributed by atoms with Gasteiger partial charge in [-0.2, -0.15) is 5.10 Å². The molecule has 3 nitrogen and oxygen atoms in total. The first-order valence-electron chi connectivity index (χ1n) is 10.6. The minimum Gasteiger partial charge on any atom is -0.288 e. The lowest BCUT2D eigenvalue weighted by Crippen LogP contribution is -2.05. The number of hydrogen-bond donors (Lipinski definition) is 0. The van der Waals surface area contributed by atoms with Crippen molar-refractivity contribution in [1.29, 1.82) is 0 Å². The Kier molecular flexibility index (Phi) is 5.22. The molecule has 0 fully saturated rings. The van der Waals surface area contributed by atoms with Gasteiger partial charge in [-0.1, -0.05) is 109 Å². The van der Waals surface area contributed by atoms with Gasteiger partial charge in [-0.15, -0.1) is 0 Å². The second-order valence-electron chi connectivity index (χ2n) is 7.75. The van der Waals surface area contributed by atoms with Crippen molar-refractivity contribution in [2.24, 2.45) is 0 Å². The third kappa shape index (κ3) is 3.65. The molecule has 0 saturated heterocycles. The number of aryl methyl sites for hydroxylation is 1. The summed E-state index contributed by atoms with van der Waals surface area (Å²) in [5.41, 5.74) is 6.66. The number of ketones is 1. The molecule has 3 heteroatoms. The van der Waals surface area contributed by atoms with Gasteiger partial charge in [0.15, 0.2) is 5.78 Å². The quantitative estimate of drug-likeness (QED) is 0.298. The minimum absolute atomic E-state index is 0.0396. The first kappa shape index (κ1) is 19.7. The van der Waals surface area contributed by atoms with Crippen LogP contribution in [0.15, 0.2) is 115 Å². The number of aromatic nitrogens is 2. The maximum absolute atomic E-state index is 13.9. The molecule has 5 rings (SSSR count). The Morgan fingerprint density at radius 3 is 1.84 bits per heavy atom. The van der Waals surface area contributed by atoms with E-state index in [1.807, 2.05) is 108 Å². The van der Waals surface area contributed by atoms with Crippen LogP contribution in [0, 0.1) is 6.92 Å². The van der Waals surface area contributed by atoms with E-state index in [1.165, 1.54) is 0 Å². The zero-order valence-electron chi connectivity index (χ0n) is 17.8. The largest absolute Gasteiger partial charge is 0.288 e. The summed E-state index contributed by atoms with van der Waals surface area (Å²) in [5.74, 6) is -0.0396. The zero-order valence-corrected chi connectivity index (χ0v) is 17.8. The Hall–Kier alpha value is -4.24. The van der Waals surface area contributed by atoms with E-state index in [0.29, 0.717) is 16.8 Å². The summed E-state index contributed by atoms with van der Waals surface area (Å²) in [6, 6.07) is 37.5. The van der Waals surface area contributed by atoms with Crippen LogP contribution in [0.5, 0.6) is 0 Å². The number of hydrogen-bond acceptors (Lipinski definition) is 2. The van der Waals surface area contributed by atoms with Crippen molar-refractivity contribution in [3.63, 3.8) is 0 Å². The van der Waals surface area contributed by atoms with Crippen LogP contribution in [0.2, 0.25) is 0 Å². The number of carbonyl (C=O) groups excluding carboxylic acids is 1. The van der Waals surface area contributed by atoms with E-state index in [4.69, 9.17) is 5.10 Å². The lowest BCUT2D eigenvalue weighted by Gasteiger charge is -2.10. The average molecular weight is 415 g/mol. The standard InChI is InChI=1S/C29H22N2O/c1-21-17-19-22(20-18-21)27-26(29(32)24-13-7-3-8-14-24)28(23-11-5-2-6-12-23)31(30-27)25-15-9-4-10-16-25/h2-20H,1H3. The van der Waals surface area contributed by atoms with Crippen LogP contribution in [0.25, 0.3) is 28.2 Å². The molecule has 0 amide bonds. The molecule has 0 atom stereocenters. The molecular weight excluding hydrogens is 392 g/mol. The van der Waals surface area contributed by atoms with Gasteiger partial charge in [0.2, 0.25) is 0 Å². The molecule has 0 N–H and O–H groups in total. The lowest BCUT2D eigenvalue weighted by molar-refractivity contribution is 0.104. The highest BCUT2D eigenvalue weighted by molar-refractivity contribution is 6.16. The molecule has 0 radical (unpaired) electrons. The maximum atomic E-state index is 13.9. The van der Waals surface area contributed by atoms with Crippen LogP contribution >= 0.6 is 0 Å². The van der Waals surface area contributed by atoms with Crippen LogP contribution < -0.4 is 0 Å². The van der Waals surface area contributed by atoms with E-state index < -0.39 is 0 Å². The molecule has 0 aliphatic rings. The fraction of sp³-hybridized carbons (Fsp3) is 0.0345. The van der Waals surface area contributed by atoms with Gasteiger partial charge >= 0.3 is 0 Å². The number of carbonyl (C=O) groups is 1. The monoisotopic (exact) mass is 414 g/mol. The average Bonchev–Trinajstić information content (AvgIpc) is 3.26. The van der Waals surface area contributed by atoms with Gasteiger partial charge < -0.3 is 0 Å². The first-order chi connectivity index (χ1) is 15.7. The highest BCUT2D eigenvalue weighted by atomic mass is 16.1. The SMILES string of the molecule is Cc1ccc(-c2nn(-c3ccccc3)c(-c3ccccc3)c2C(=O)c2ccccc2)cc1. The van der Waals surface area contributed by atoms with Gasteiger partial charge in [0, 0.05) is 16.7 Å². The molecule has 0 aliphatic carbocycles. The van der Waals surface area contributed by atoms with Crippen LogP contribution in [-0.4, -0.2) is 15.6 Å². The molecule has 0 saturated carbocycles. The van der Waals surface area contributed by atoms with Crippen molar-refractivity contribution in [1.82, 2.24) is 9.78 Å². The highest BCUT2D eigenvalue weighted by Crippen LogP contribution is 2.36. The molecule has 0 aliphatic heterocycles. The van der Waals surface area contributed by atoms with Crippen LogP contribution in [-0.2, 0) is 0 Å². The van der Waals surface area contributed by atoms with Gasteiger partial charge in [0.25, 0.3) is 0 Å². The molecule has 0 unspecified atom stereocenters. The summed E-state index contributed by atoms with van der Waals surface area (Å²) < 4.78 is 1.89.